The molecule has 2 heterocycles. The number of alkyl halides is 3. The van der Waals surface area contributed by atoms with E-state index in [4.69, 9.17) is 28.8 Å². The lowest BCUT2D eigenvalue weighted by molar-refractivity contribution is -0.141. The molecule has 2 aromatic heterocycles. The summed E-state index contributed by atoms with van der Waals surface area (Å²) in [5.41, 5.74) is 19.0. The zero-order valence-electron chi connectivity index (χ0n) is 25.2. The maximum atomic E-state index is 14.0. The van der Waals surface area contributed by atoms with Gasteiger partial charge < -0.3 is 32.4 Å². The monoisotopic (exact) mass is 675 g/mol. The number of nitrogens with two attached hydrogens (primary N) is 3. The van der Waals surface area contributed by atoms with E-state index in [1.807, 2.05) is 24.3 Å². The molecule has 0 aliphatic heterocycles. The van der Waals surface area contributed by atoms with Crippen molar-refractivity contribution in [1.82, 2.24) is 20.2 Å². The molecule has 0 saturated heterocycles. The molecule has 0 unspecified atom stereocenters. The van der Waals surface area contributed by atoms with Crippen LogP contribution in [0.1, 0.15) is 42.9 Å². The van der Waals surface area contributed by atoms with Crippen LogP contribution in [0.4, 0.5) is 18.9 Å². The predicted octanol–water partition coefficient (Wildman–Crippen LogP) is 5.50. The average Bonchev–Trinajstić information content (AvgIpc) is 3.44. The average molecular weight is 676 g/mol. The standard InChI is InChI=1S/C32H37ClF3N7O2S/c1-2-43(31(45)25(39)9-5-6-12-37)27(15-19-17-41-26-11-4-3-8-22(19)26)29(44)42-18-20-14-21(32(34,35)36)16-23(33)28(20)46-30-24(38)10-7-13-40-30/h3-4,7-8,10-11,13-14,16-17,25,27,41H,2,5-6,9,12,15,18,37-39H2,1H3,(H,42,44)/t25-,27-/m0/s1. The molecule has 0 fully saturated rings. The van der Waals surface area contributed by atoms with E-state index >= 15 is 0 Å². The predicted molar refractivity (Wildman–Crippen MR) is 175 cm³/mol. The Balaban J connectivity index is 1.67. The highest BCUT2D eigenvalue weighted by atomic mass is 35.5. The number of carbonyl (C=O) groups excluding carboxylic acids is 2. The molecule has 0 aliphatic carbocycles. The molecule has 4 rings (SSSR count). The van der Waals surface area contributed by atoms with Gasteiger partial charge in [-0.3, -0.25) is 9.59 Å². The first-order chi connectivity index (χ1) is 21.9. The fourth-order valence-corrected chi connectivity index (χ4v) is 6.44. The zero-order valence-corrected chi connectivity index (χ0v) is 26.8. The molecule has 0 saturated carbocycles. The van der Waals surface area contributed by atoms with Crippen LogP contribution in [0.2, 0.25) is 5.02 Å². The molecule has 46 heavy (non-hydrogen) atoms. The number of anilines is 1. The lowest BCUT2D eigenvalue weighted by atomic mass is 10.0. The summed E-state index contributed by atoms with van der Waals surface area (Å²) in [5.74, 6) is -0.958. The van der Waals surface area contributed by atoms with Crippen molar-refractivity contribution in [3.05, 3.63) is 82.6 Å². The van der Waals surface area contributed by atoms with Crippen LogP contribution in [0.15, 0.2) is 70.8 Å². The maximum Gasteiger partial charge on any atom is 0.416 e. The fraction of sp³-hybridized carbons (Fsp3) is 0.344. The summed E-state index contributed by atoms with van der Waals surface area (Å²) in [5, 5.41) is 3.84. The van der Waals surface area contributed by atoms with Crippen molar-refractivity contribution in [2.75, 3.05) is 18.8 Å². The fourth-order valence-electron chi connectivity index (χ4n) is 5.17. The highest BCUT2D eigenvalue weighted by molar-refractivity contribution is 7.99. The van der Waals surface area contributed by atoms with E-state index < -0.39 is 35.6 Å². The number of likely N-dealkylation sites (N-methyl/N-ethyl adjacent to an activating group) is 1. The van der Waals surface area contributed by atoms with E-state index in [2.05, 4.69) is 15.3 Å². The minimum atomic E-state index is -4.68. The number of para-hydroxylation sites is 1. The summed E-state index contributed by atoms with van der Waals surface area (Å²) >= 11 is 7.39. The van der Waals surface area contributed by atoms with E-state index in [0.29, 0.717) is 36.5 Å². The molecule has 0 spiro atoms. The molecule has 0 radical (unpaired) electrons. The summed E-state index contributed by atoms with van der Waals surface area (Å²) < 4.78 is 41.4. The molecule has 0 bridgehead atoms. The highest BCUT2D eigenvalue weighted by Gasteiger charge is 2.34. The lowest BCUT2D eigenvalue weighted by Crippen LogP contribution is -2.54. The van der Waals surface area contributed by atoms with E-state index in [1.165, 1.54) is 11.1 Å². The lowest BCUT2D eigenvalue weighted by Gasteiger charge is -2.32. The number of fused-ring (bicyclic) bond motifs is 1. The third-order valence-corrected chi connectivity index (χ3v) is 9.21. The number of unbranched alkanes of at least 4 members (excludes halogenated alkanes) is 1. The Morgan fingerprint density at radius 1 is 1.13 bits per heavy atom. The number of nitrogens with one attached hydrogen (secondary N) is 2. The second-order valence-corrected chi connectivity index (χ2v) is 12.2. The minimum absolute atomic E-state index is 0.113. The Bertz CT molecular complexity index is 1670. The van der Waals surface area contributed by atoms with Gasteiger partial charge in [0.15, 0.2) is 0 Å². The first kappa shape index (κ1) is 35.1. The van der Waals surface area contributed by atoms with Crippen molar-refractivity contribution in [3.8, 4) is 0 Å². The first-order valence-electron chi connectivity index (χ1n) is 14.8. The Morgan fingerprint density at radius 3 is 2.59 bits per heavy atom. The molecule has 2 aromatic carbocycles. The molecule has 14 heteroatoms. The smallest absolute Gasteiger partial charge is 0.397 e. The van der Waals surface area contributed by atoms with Crippen LogP contribution in [0.3, 0.4) is 0 Å². The molecule has 9 nitrogen and oxygen atoms in total. The molecule has 0 aliphatic rings. The number of rotatable bonds is 14. The van der Waals surface area contributed by atoms with E-state index in [9.17, 15) is 22.8 Å². The van der Waals surface area contributed by atoms with Gasteiger partial charge in [0.05, 0.1) is 22.3 Å². The van der Waals surface area contributed by atoms with Crippen LogP contribution in [0.25, 0.3) is 10.9 Å². The molecular weight excluding hydrogens is 639 g/mol. The Morgan fingerprint density at radius 2 is 1.89 bits per heavy atom. The van der Waals surface area contributed by atoms with Crippen molar-refractivity contribution < 1.29 is 22.8 Å². The number of pyridine rings is 1. The second-order valence-electron chi connectivity index (χ2n) is 10.8. The van der Waals surface area contributed by atoms with E-state index in [0.717, 1.165) is 40.4 Å². The molecule has 2 atom stereocenters. The Kier molecular flexibility index (Phi) is 12.0. The van der Waals surface area contributed by atoms with Gasteiger partial charge in [-0.2, -0.15) is 13.2 Å². The second kappa shape index (κ2) is 15.7. The van der Waals surface area contributed by atoms with Crippen molar-refractivity contribution in [3.63, 3.8) is 0 Å². The molecule has 246 valence electrons. The quantitative estimate of drug-likeness (QED) is 0.111. The number of amides is 2. The molecule has 8 N–H and O–H groups in total. The van der Waals surface area contributed by atoms with Gasteiger partial charge in [0.2, 0.25) is 11.8 Å². The minimum Gasteiger partial charge on any atom is -0.397 e. The number of benzene rings is 2. The summed E-state index contributed by atoms with van der Waals surface area (Å²) in [7, 11) is 0. The van der Waals surface area contributed by atoms with Crippen LogP contribution in [0.5, 0.6) is 0 Å². The maximum absolute atomic E-state index is 14.0. The van der Waals surface area contributed by atoms with Gasteiger partial charge in [-0.25, -0.2) is 4.98 Å². The van der Waals surface area contributed by atoms with Crippen molar-refractivity contribution in [2.45, 2.75) is 67.3 Å². The number of hydrogen-bond acceptors (Lipinski definition) is 7. The SMILES string of the molecule is CCN(C(=O)[C@@H](N)CCCCN)[C@@H](Cc1c[nH]c2ccccc12)C(=O)NCc1cc(C(F)(F)F)cc(Cl)c1Sc1ncccc1N. The van der Waals surface area contributed by atoms with Gasteiger partial charge in [0, 0.05) is 47.7 Å². The molecule has 4 aromatic rings. The van der Waals surface area contributed by atoms with Crippen molar-refractivity contribution in [1.29, 1.82) is 0 Å². The van der Waals surface area contributed by atoms with Crippen LogP contribution in [0, 0.1) is 0 Å². The number of aromatic nitrogens is 2. The van der Waals surface area contributed by atoms with Crippen LogP contribution in [-0.4, -0.2) is 51.9 Å². The largest absolute Gasteiger partial charge is 0.416 e. The van der Waals surface area contributed by atoms with Gasteiger partial charge in [-0.05, 0) is 67.8 Å². The van der Waals surface area contributed by atoms with Gasteiger partial charge in [-0.15, -0.1) is 0 Å². The number of nitrogens with zero attached hydrogens (tertiary/aromatic N) is 2. The summed E-state index contributed by atoms with van der Waals surface area (Å²) in [6, 6.07) is 10.7. The number of halogens is 4. The summed E-state index contributed by atoms with van der Waals surface area (Å²) in [4.78, 5) is 36.7. The van der Waals surface area contributed by atoms with Gasteiger partial charge in [0.25, 0.3) is 0 Å². The third kappa shape index (κ3) is 8.52. The number of aromatic amines is 1. The summed E-state index contributed by atoms with van der Waals surface area (Å²) in [6.45, 7) is 2.09. The Hall–Kier alpha value is -3.78. The van der Waals surface area contributed by atoms with Crippen LogP contribution in [-0.2, 0) is 28.7 Å². The van der Waals surface area contributed by atoms with Crippen LogP contribution < -0.4 is 22.5 Å². The molecule has 2 amide bonds. The van der Waals surface area contributed by atoms with E-state index in [1.54, 1.807) is 25.3 Å². The number of hydrogen-bond donors (Lipinski definition) is 5. The molecular formula is C32H37ClF3N7O2S. The van der Waals surface area contributed by atoms with E-state index in [-0.39, 0.29) is 35.0 Å². The summed E-state index contributed by atoms with van der Waals surface area (Å²) in [6.07, 6.45) is 0.495. The number of nitrogen functional groups attached to an aromatic ring is 1. The van der Waals surface area contributed by atoms with Crippen molar-refractivity contribution >= 4 is 51.8 Å². The van der Waals surface area contributed by atoms with Crippen molar-refractivity contribution in [2.24, 2.45) is 11.5 Å². The highest BCUT2D eigenvalue weighted by Crippen LogP contribution is 2.41. The first-order valence-corrected chi connectivity index (χ1v) is 16.0. The van der Waals surface area contributed by atoms with Gasteiger partial charge >= 0.3 is 6.18 Å². The Labute approximate surface area is 274 Å². The zero-order chi connectivity index (χ0) is 33.4. The number of H-pyrrole nitrogens is 1. The number of carbonyl (C=O) groups is 2. The third-order valence-electron chi connectivity index (χ3n) is 7.58. The van der Waals surface area contributed by atoms with Gasteiger partial charge in [-0.1, -0.05) is 48.0 Å². The topological polar surface area (TPSA) is 156 Å². The normalized spacial score (nSPS) is 13.0. The van der Waals surface area contributed by atoms with Crippen LogP contribution >= 0.6 is 23.4 Å². The van der Waals surface area contributed by atoms with Gasteiger partial charge in [0.1, 0.15) is 11.1 Å².